The summed E-state index contributed by atoms with van der Waals surface area (Å²) in [7, 11) is 0. The summed E-state index contributed by atoms with van der Waals surface area (Å²) in [5, 5.41) is 143. The number of primary amides is 1. The van der Waals surface area contributed by atoms with Gasteiger partial charge in [-0.1, -0.05) is 85.7 Å². The van der Waals surface area contributed by atoms with Gasteiger partial charge in [-0.15, -0.1) is 0 Å². The number of nitrogens with one attached hydrogen (secondary N) is 18. The van der Waals surface area contributed by atoms with Gasteiger partial charge in [0.1, 0.15) is 90.6 Å². The van der Waals surface area contributed by atoms with Crippen molar-refractivity contribution in [1.29, 1.82) is 0 Å². The van der Waals surface area contributed by atoms with E-state index in [1.807, 2.05) is 0 Å². The van der Waals surface area contributed by atoms with Gasteiger partial charge >= 0.3 is 23.9 Å². The molecule has 56 nitrogen and oxygen atoms in total. The lowest BCUT2D eigenvalue weighted by Crippen LogP contribution is -2.63. The van der Waals surface area contributed by atoms with Crippen LogP contribution in [0, 0.1) is 23.7 Å². The first kappa shape index (κ1) is 129. The molecule has 0 aliphatic carbocycles. The van der Waals surface area contributed by atoms with E-state index in [4.69, 9.17) is 17.2 Å². The summed E-state index contributed by atoms with van der Waals surface area (Å²) >= 11 is 0. The topological polar surface area (TPSA) is 910 Å². The summed E-state index contributed by atoms with van der Waals surface area (Å²) in [4.78, 5) is 323. The Hall–Kier alpha value is -13.8. The lowest BCUT2D eigenvalue weighted by atomic mass is 10.00. The predicted molar refractivity (Wildman–Crippen MR) is 515 cm³/mol. The molecule has 147 heavy (non-hydrogen) atoms. The van der Waals surface area contributed by atoms with Gasteiger partial charge in [0.2, 0.25) is 118 Å². The fourth-order valence-corrected chi connectivity index (χ4v) is 14.7. The first-order valence-electron chi connectivity index (χ1n) is 48.0. The summed E-state index contributed by atoms with van der Waals surface area (Å²) in [6.45, 7) is 12.5. The van der Waals surface area contributed by atoms with Crippen molar-refractivity contribution in [2.75, 3.05) is 45.9 Å². The number of hydrogen-bond acceptors (Lipinski definition) is 32. The maximum absolute atomic E-state index is 15.0. The lowest BCUT2D eigenvalue weighted by Gasteiger charge is -2.32. The molecule has 826 valence electrons. The Morgan fingerprint density at radius 1 is 0.354 bits per heavy atom. The zero-order chi connectivity index (χ0) is 112. The highest BCUT2D eigenvalue weighted by Gasteiger charge is 2.45. The summed E-state index contributed by atoms with van der Waals surface area (Å²) in [6, 6.07) is -21.2. The largest absolute Gasteiger partial charge is 0.481 e. The van der Waals surface area contributed by atoms with Gasteiger partial charge in [0, 0.05) is 32.2 Å². The van der Waals surface area contributed by atoms with E-state index in [1.165, 1.54) is 0 Å². The molecule has 1 heterocycles. The van der Waals surface area contributed by atoms with Gasteiger partial charge in [-0.3, -0.25) is 110 Å². The van der Waals surface area contributed by atoms with Crippen LogP contribution < -0.4 is 113 Å². The number of nitrogens with zero attached hydrogens (tertiary/aromatic N) is 1. The normalized spacial score (nSPS) is 16.4. The van der Waals surface area contributed by atoms with Gasteiger partial charge in [0.25, 0.3) is 0 Å². The number of carbonyl (C=O) groups excluding carboxylic acids is 20. The van der Waals surface area contributed by atoms with E-state index >= 15 is 0 Å². The molecular formula is C91H148N22O34. The number of benzene rings is 1. The summed E-state index contributed by atoms with van der Waals surface area (Å²) in [5.74, 6) is -30.1. The van der Waals surface area contributed by atoms with E-state index < -0.39 is 346 Å². The number of carboxylic acid groups (broad SMARTS) is 4. The van der Waals surface area contributed by atoms with Gasteiger partial charge in [-0.05, 0) is 141 Å². The van der Waals surface area contributed by atoms with Crippen LogP contribution in [-0.2, 0) is 121 Å². The van der Waals surface area contributed by atoms with E-state index in [0.717, 1.165) is 32.6 Å². The Kier molecular flexibility index (Phi) is 57.7. The molecule has 1 aromatic carbocycles. The first-order valence-corrected chi connectivity index (χ1v) is 48.0. The van der Waals surface area contributed by atoms with E-state index in [-0.39, 0.29) is 95.6 Å². The molecule has 1 saturated heterocycles. The number of aliphatic carboxylic acids is 4. The zero-order valence-electron chi connectivity index (χ0n) is 84.2. The van der Waals surface area contributed by atoms with Crippen molar-refractivity contribution in [3.8, 4) is 0 Å². The molecule has 0 bridgehead atoms. The number of unbranched alkanes of at least 4 members (excludes halogenated alkanes) is 1. The molecule has 0 unspecified atom stereocenters. The minimum atomic E-state index is -2.17. The van der Waals surface area contributed by atoms with Gasteiger partial charge in [0.05, 0.1) is 69.7 Å². The van der Waals surface area contributed by atoms with Crippen molar-refractivity contribution in [3.63, 3.8) is 0 Å². The molecule has 0 aromatic heterocycles. The average molecular weight is 2090 g/mol. The second kappa shape index (κ2) is 65.6. The third-order valence-corrected chi connectivity index (χ3v) is 22.5. The molecule has 0 spiro atoms. The Morgan fingerprint density at radius 2 is 0.701 bits per heavy atom. The number of hydrogen-bond donors (Lipinski definition) is 31. The summed E-state index contributed by atoms with van der Waals surface area (Å²) < 4.78 is 0. The molecule has 0 saturated carbocycles. The van der Waals surface area contributed by atoms with E-state index in [1.54, 1.807) is 85.7 Å². The van der Waals surface area contributed by atoms with Crippen LogP contribution in [0.1, 0.15) is 191 Å². The molecule has 1 aromatic rings. The van der Waals surface area contributed by atoms with Crippen molar-refractivity contribution in [1.82, 2.24) is 101 Å². The fraction of sp³-hybridized carbons (Fsp3) is 0.670. The maximum Gasteiger partial charge on any atom is 0.328 e. The third-order valence-electron chi connectivity index (χ3n) is 22.5. The van der Waals surface area contributed by atoms with Crippen molar-refractivity contribution in [2.24, 2.45) is 40.9 Å². The number of nitrogens with two attached hydrogens (primary N) is 3. The average Bonchev–Trinajstić information content (AvgIpc) is 1.67. The molecule has 1 aliphatic rings. The van der Waals surface area contributed by atoms with Crippen LogP contribution in [0.5, 0.6) is 0 Å². The van der Waals surface area contributed by atoms with Crippen LogP contribution in [0.25, 0.3) is 0 Å². The minimum Gasteiger partial charge on any atom is -0.481 e. The molecule has 34 N–H and O–H groups in total. The smallest absolute Gasteiger partial charge is 0.328 e. The number of rotatable bonds is 69. The van der Waals surface area contributed by atoms with Gasteiger partial charge in [-0.2, -0.15) is 0 Å². The van der Waals surface area contributed by atoms with E-state index in [2.05, 4.69) is 95.7 Å². The van der Waals surface area contributed by atoms with Crippen molar-refractivity contribution >= 4 is 142 Å². The molecule has 0 radical (unpaired) electrons. The molecular weight excluding hydrogens is 1950 g/mol. The number of aliphatic hydroxyl groups is 6. The van der Waals surface area contributed by atoms with Gasteiger partial charge < -0.3 is 169 Å². The quantitative estimate of drug-likeness (QED) is 0.0269. The number of aliphatic hydroxyl groups excluding tert-OH is 6. The molecule has 1 aliphatic heterocycles. The van der Waals surface area contributed by atoms with E-state index in [9.17, 15) is 166 Å². The summed E-state index contributed by atoms with van der Waals surface area (Å²) in [6.07, 6.45) is -12.3. The number of carboxylic acids is 4. The second-order valence-electron chi connectivity index (χ2n) is 37.4. The van der Waals surface area contributed by atoms with Crippen LogP contribution in [0.15, 0.2) is 30.3 Å². The van der Waals surface area contributed by atoms with Crippen molar-refractivity contribution in [2.45, 2.75) is 319 Å². The zero-order valence-corrected chi connectivity index (χ0v) is 84.2. The highest BCUT2D eigenvalue weighted by atomic mass is 16.4. The van der Waals surface area contributed by atoms with Crippen molar-refractivity contribution < 1.29 is 166 Å². The van der Waals surface area contributed by atoms with Crippen LogP contribution >= 0.6 is 0 Å². The Morgan fingerprint density at radius 3 is 1.12 bits per heavy atom. The Labute approximate surface area is 847 Å². The van der Waals surface area contributed by atoms with Crippen LogP contribution in [0.3, 0.4) is 0 Å². The molecule has 56 heteroatoms. The summed E-state index contributed by atoms with van der Waals surface area (Å²) in [5.41, 5.74) is 17.2. The SMILES string of the molecule is CC(C)C[C@H](NC(=O)CNC(=O)CNC(=O)CNC(=O)[C@H](CO)NC(=O)[C@H](CCC(=O)O)NC(=O)[C@H](CCC(=O)O)NC(=O)[C@H](CC(C)C)NC(=O)[C@H](CO)NC(=O)[C@@H](N)CCC(N)=O)C(=O)N[C@@H](Cc1ccccc1)C(=O)N[C@@H](CCCCN)C(=O)N1CCC[C@H]1C(=O)N[C@H](C(=O)N[C@@H](CC(=O)O)C(=O)N[C@H](C(=O)N[C@@H](CC(C)C)C(=O)N[C@H](C(=O)N[C@@H](CC(C)C)C(=O)N[C@H](C(=O)O)[C@@H](C)O)[C@@H](C)O)[C@@H](C)O)[C@@H](C)O. The fourth-order valence-electron chi connectivity index (χ4n) is 14.7. The van der Waals surface area contributed by atoms with Crippen LogP contribution in [0.2, 0.25) is 0 Å². The number of likely N-dealkylation sites (tertiary alicyclic amines) is 1. The maximum atomic E-state index is 15.0. The third kappa shape index (κ3) is 48.4. The standard InChI is InChI=1S/C91H148N22O34/c1-42(2)31-55(98-67(123)39-96-65(121)37-95-66(122)38-97-76(131)61(40-114)108-78(133)53(25-28-69(126)127)99-77(132)52(24-27-68(124)125)100-80(135)56(32-43(3)4)102-85(140)62(41-115)107-75(130)51(93)23-26-64(94)120)79(134)103-59(35-50-19-14-13-15-20-50)81(136)101-54(21-16-17-29-92)90(145)113-30-18-22-63(113)86(141)111-73(48(11)118)89(144)106-60(36-70(128)129)84(139)110-72(47(10)117)88(143)104-57(33-44(5)6)82(137)109-71(46(9)116)87(142)105-58(34-45(7)8)83(138)112-74(49(12)119)91(146)147/h13-15,19-20,42-49,51-63,71-74,114-119H,16-18,21-41,92-93H2,1-12H3,(H2,94,120)(H,95,122)(H,96,121)(H,97,131)(H,98,123)(H,99,132)(H,100,135)(H,101,136)(H,102,140)(H,103,134)(H,104,143)(H,105,142)(H,106,144)(H,107,130)(H,108,133)(H,109,137)(H,110,139)(H,111,141)(H,112,138)(H,124,125)(H,126,127)(H,128,129)(H,146,147)/t46-,47-,48-,49-,51+,52+,53+,54+,55+,56+,57+,58+,59+,60+,61+,62+,63+,71+,72+,73+,74+/m1/s1. The van der Waals surface area contributed by atoms with Gasteiger partial charge in [-0.25, -0.2) is 4.79 Å². The molecule has 20 amide bonds. The highest BCUT2D eigenvalue weighted by Crippen LogP contribution is 2.23. The second-order valence-corrected chi connectivity index (χ2v) is 37.4. The minimum absolute atomic E-state index is 0.0879. The lowest BCUT2D eigenvalue weighted by molar-refractivity contribution is -0.145. The number of amides is 20. The van der Waals surface area contributed by atoms with Crippen LogP contribution in [-0.4, -0.2) is 371 Å². The van der Waals surface area contributed by atoms with Crippen LogP contribution in [0.4, 0.5) is 0 Å². The Balaban J connectivity index is 2.33. The van der Waals surface area contributed by atoms with E-state index in [0.29, 0.717) is 12.0 Å². The van der Waals surface area contributed by atoms with Crippen molar-refractivity contribution in [3.05, 3.63) is 35.9 Å². The van der Waals surface area contributed by atoms with Gasteiger partial charge in [0.15, 0.2) is 6.04 Å². The number of carbonyl (C=O) groups is 24. The Bertz CT molecular complexity index is 4660. The predicted octanol–water partition coefficient (Wildman–Crippen LogP) is -11.5. The molecule has 21 atom stereocenters. The highest BCUT2D eigenvalue weighted by molar-refractivity contribution is 6.03. The molecule has 2 rings (SSSR count). The molecule has 1 fully saturated rings. The monoisotopic (exact) mass is 2090 g/mol. The first-order chi connectivity index (χ1) is 68.7.